The first kappa shape index (κ1) is 20.0. The fourth-order valence-corrected chi connectivity index (χ4v) is 3.91. The van der Waals surface area contributed by atoms with Gasteiger partial charge in [-0.1, -0.05) is 13.8 Å². The molecular formula is C19H36N4O2. The maximum absolute atomic E-state index is 11.7. The number of carbonyl (C=O) groups excluding carboxylic acids is 1. The van der Waals surface area contributed by atoms with Crippen LogP contribution < -0.4 is 16.0 Å². The van der Waals surface area contributed by atoms with Crippen molar-refractivity contribution in [2.75, 3.05) is 26.2 Å². The van der Waals surface area contributed by atoms with Crippen molar-refractivity contribution in [3.05, 3.63) is 0 Å². The zero-order chi connectivity index (χ0) is 18.3. The number of aliphatic imine (C=N–C) groups is 1. The van der Waals surface area contributed by atoms with Gasteiger partial charge >= 0.3 is 0 Å². The smallest absolute Gasteiger partial charge is 0.223 e. The van der Waals surface area contributed by atoms with E-state index >= 15 is 0 Å². The van der Waals surface area contributed by atoms with Gasteiger partial charge in [0.2, 0.25) is 5.91 Å². The summed E-state index contributed by atoms with van der Waals surface area (Å²) in [5.41, 5.74) is 0.187. The Bertz CT molecular complexity index is 458. The molecule has 2 aliphatic rings. The standard InChI is InChI=1S/C19H36N4O2/c1-5-19(6-2)15(13-16(19)25-8-4)23-18(20-7-3)22-12-11-21-17(24)14-9-10-14/h14-16H,5-13H2,1-4H3,(H,21,24)(H2,20,22,23). The Morgan fingerprint density at radius 3 is 2.44 bits per heavy atom. The van der Waals surface area contributed by atoms with Crippen LogP contribution in [0.3, 0.4) is 0 Å². The molecule has 2 rings (SSSR count). The van der Waals surface area contributed by atoms with Gasteiger partial charge in [-0.15, -0.1) is 0 Å². The van der Waals surface area contributed by atoms with Crippen LogP contribution in [0.15, 0.2) is 4.99 Å². The van der Waals surface area contributed by atoms with E-state index in [1.165, 1.54) is 0 Å². The van der Waals surface area contributed by atoms with E-state index in [4.69, 9.17) is 4.74 Å². The van der Waals surface area contributed by atoms with Gasteiger partial charge in [-0.3, -0.25) is 9.79 Å². The molecule has 1 amide bonds. The first-order valence-electron chi connectivity index (χ1n) is 10.0. The molecule has 0 radical (unpaired) electrons. The molecule has 2 saturated carbocycles. The van der Waals surface area contributed by atoms with Gasteiger partial charge in [0.15, 0.2) is 5.96 Å². The molecule has 0 heterocycles. The lowest BCUT2D eigenvalue weighted by atomic mass is 9.58. The Labute approximate surface area is 152 Å². The second-order valence-electron chi connectivity index (χ2n) is 7.14. The topological polar surface area (TPSA) is 74.8 Å². The highest BCUT2D eigenvalue weighted by Gasteiger charge is 2.53. The van der Waals surface area contributed by atoms with Gasteiger partial charge in [-0.25, -0.2) is 0 Å². The third-order valence-electron chi connectivity index (χ3n) is 5.75. The largest absolute Gasteiger partial charge is 0.378 e. The number of hydrogen-bond acceptors (Lipinski definition) is 3. The van der Waals surface area contributed by atoms with E-state index in [1.807, 2.05) is 0 Å². The van der Waals surface area contributed by atoms with Crippen LogP contribution in [0.4, 0.5) is 0 Å². The lowest BCUT2D eigenvalue weighted by Crippen LogP contribution is -2.65. The van der Waals surface area contributed by atoms with E-state index < -0.39 is 0 Å². The Hall–Kier alpha value is -1.30. The van der Waals surface area contributed by atoms with E-state index in [9.17, 15) is 4.79 Å². The fraction of sp³-hybridized carbons (Fsp3) is 0.895. The molecule has 144 valence electrons. The molecule has 0 aromatic rings. The quantitative estimate of drug-likeness (QED) is 0.320. The summed E-state index contributed by atoms with van der Waals surface area (Å²) in [6.45, 7) is 11.4. The van der Waals surface area contributed by atoms with Crippen molar-refractivity contribution in [1.82, 2.24) is 16.0 Å². The van der Waals surface area contributed by atoms with Crippen LogP contribution in [0.5, 0.6) is 0 Å². The van der Waals surface area contributed by atoms with Crippen LogP contribution in [0.1, 0.15) is 59.8 Å². The summed E-state index contributed by atoms with van der Waals surface area (Å²) in [4.78, 5) is 16.3. The van der Waals surface area contributed by atoms with Crippen molar-refractivity contribution in [2.24, 2.45) is 16.3 Å². The molecule has 0 saturated heterocycles. The van der Waals surface area contributed by atoms with Gasteiger partial charge in [0.1, 0.15) is 0 Å². The molecule has 0 aliphatic heterocycles. The number of carbonyl (C=O) groups is 1. The van der Waals surface area contributed by atoms with Crippen molar-refractivity contribution < 1.29 is 9.53 Å². The van der Waals surface area contributed by atoms with Crippen LogP contribution >= 0.6 is 0 Å². The summed E-state index contributed by atoms with van der Waals surface area (Å²) >= 11 is 0. The minimum absolute atomic E-state index is 0.183. The van der Waals surface area contributed by atoms with Crippen LogP contribution in [0.2, 0.25) is 0 Å². The molecule has 2 fully saturated rings. The third kappa shape index (κ3) is 4.87. The van der Waals surface area contributed by atoms with Crippen molar-refractivity contribution >= 4 is 11.9 Å². The number of guanidine groups is 1. The van der Waals surface area contributed by atoms with Gasteiger partial charge < -0.3 is 20.7 Å². The van der Waals surface area contributed by atoms with Crippen LogP contribution in [0, 0.1) is 11.3 Å². The van der Waals surface area contributed by atoms with E-state index in [2.05, 4.69) is 48.6 Å². The number of ether oxygens (including phenoxy) is 1. The Morgan fingerprint density at radius 2 is 1.88 bits per heavy atom. The summed E-state index contributed by atoms with van der Waals surface area (Å²) in [5, 5.41) is 9.89. The minimum atomic E-state index is 0.183. The first-order valence-corrected chi connectivity index (χ1v) is 10.0. The molecule has 0 aromatic heterocycles. The van der Waals surface area contributed by atoms with Gasteiger partial charge in [-0.05, 0) is 46.0 Å². The number of amides is 1. The zero-order valence-corrected chi connectivity index (χ0v) is 16.4. The second-order valence-corrected chi connectivity index (χ2v) is 7.14. The van der Waals surface area contributed by atoms with E-state index in [0.29, 0.717) is 25.2 Å². The van der Waals surface area contributed by atoms with Gasteiger partial charge in [0.25, 0.3) is 0 Å². The molecule has 0 aromatic carbocycles. The zero-order valence-electron chi connectivity index (χ0n) is 16.4. The molecule has 2 aliphatic carbocycles. The maximum Gasteiger partial charge on any atom is 0.223 e. The van der Waals surface area contributed by atoms with Gasteiger partial charge in [0.05, 0.1) is 12.6 Å². The van der Waals surface area contributed by atoms with Gasteiger partial charge in [-0.2, -0.15) is 0 Å². The summed E-state index contributed by atoms with van der Waals surface area (Å²) in [6.07, 6.45) is 5.64. The minimum Gasteiger partial charge on any atom is -0.378 e. The van der Waals surface area contributed by atoms with Crippen molar-refractivity contribution in [3.8, 4) is 0 Å². The predicted octanol–water partition coefficient (Wildman–Crippen LogP) is 2.05. The summed E-state index contributed by atoms with van der Waals surface area (Å²) < 4.78 is 5.95. The normalized spacial score (nSPS) is 25.2. The number of nitrogens with one attached hydrogen (secondary N) is 3. The molecule has 2 atom stereocenters. The monoisotopic (exact) mass is 352 g/mol. The molecule has 25 heavy (non-hydrogen) atoms. The summed E-state index contributed by atoms with van der Waals surface area (Å²) in [6, 6.07) is 0.387. The SMILES string of the molecule is CCNC(=NCCNC(=O)C1CC1)NC1CC(OCC)C1(CC)CC. The number of hydrogen-bond donors (Lipinski definition) is 3. The number of nitrogens with zero attached hydrogens (tertiary/aromatic N) is 1. The maximum atomic E-state index is 11.7. The highest BCUT2D eigenvalue weighted by atomic mass is 16.5. The van der Waals surface area contributed by atoms with E-state index in [-0.39, 0.29) is 17.2 Å². The average Bonchev–Trinajstić information content (AvgIpc) is 3.43. The molecule has 2 unspecified atom stereocenters. The Morgan fingerprint density at radius 1 is 1.16 bits per heavy atom. The van der Waals surface area contributed by atoms with Crippen molar-refractivity contribution in [3.63, 3.8) is 0 Å². The molecular weight excluding hydrogens is 316 g/mol. The third-order valence-corrected chi connectivity index (χ3v) is 5.75. The Kier molecular flexibility index (Phi) is 7.54. The summed E-state index contributed by atoms with van der Waals surface area (Å²) in [7, 11) is 0. The first-order chi connectivity index (χ1) is 12.1. The molecule has 0 spiro atoms. The van der Waals surface area contributed by atoms with Crippen molar-refractivity contribution in [2.45, 2.75) is 71.9 Å². The average molecular weight is 353 g/mol. The van der Waals surface area contributed by atoms with Crippen LogP contribution in [-0.2, 0) is 9.53 Å². The molecule has 6 heteroatoms. The van der Waals surface area contributed by atoms with Crippen molar-refractivity contribution in [1.29, 1.82) is 0 Å². The lowest BCUT2D eigenvalue weighted by Gasteiger charge is -2.55. The summed E-state index contributed by atoms with van der Waals surface area (Å²) in [5.74, 6) is 1.28. The van der Waals surface area contributed by atoms with Crippen LogP contribution in [-0.4, -0.2) is 50.3 Å². The Balaban J connectivity index is 1.86. The number of rotatable bonds is 10. The van der Waals surface area contributed by atoms with Crippen LogP contribution in [0.25, 0.3) is 0 Å². The van der Waals surface area contributed by atoms with Gasteiger partial charge in [0, 0.05) is 37.1 Å². The lowest BCUT2D eigenvalue weighted by molar-refractivity contribution is -0.133. The second kappa shape index (κ2) is 9.41. The molecule has 0 bridgehead atoms. The highest BCUT2D eigenvalue weighted by Crippen LogP contribution is 2.48. The molecule has 3 N–H and O–H groups in total. The fourth-order valence-electron chi connectivity index (χ4n) is 3.91. The van der Waals surface area contributed by atoms with E-state index in [1.54, 1.807) is 0 Å². The predicted molar refractivity (Wildman–Crippen MR) is 102 cm³/mol. The highest BCUT2D eigenvalue weighted by molar-refractivity contribution is 5.81. The van der Waals surface area contributed by atoms with E-state index in [0.717, 1.165) is 51.2 Å². The molecule has 6 nitrogen and oxygen atoms in total.